The van der Waals surface area contributed by atoms with Gasteiger partial charge < -0.3 is 25.1 Å². The number of aliphatic hydroxyl groups is 1. The van der Waals surface area contributed by atoms with Gasteiger partial charge in [-0.15, -0.1) is 0 Å². The van der Waals surface area contributed by atoms with Crippen LogP contribution in [-0.2, 0) is 20.6 Å². The van der Waals surface area contributed by atoms with Crippen molar-refractivity contribution in [1.82, 2.24) is 19.5 Å². The van der Waals surface area contributed by atoms with Gasteiger partial charge in [0.1, 0.15) is 29.7 Å². The molecule has 4 rings (SSSR count). The van der Waals surface area contributed by atoms with Crippen molar-refractivity contribution >= 4 is 17.0 Å². The molecule has 2 aromatic rings. The van der Waals surface area contributed by atoms with E-state index in [2.05, 4.69) is 15.0 Å². The molecule has 0 spiro atoms. The van der Waals surface area contributed by atoms with Crippen molar-refractivity contribution in [2.75, 3.05) is 12.3 Å². The van der Waals surface area contributed by atoms with Crippen molar-refractivity contribution in [2.45, 2.75) is 57.5 Å². The molecular weight excluding hydrogens is 314 g/mol. The van der Waals surface area contributed by atoms with Crippen molar-refractivity contribution in [3.8, 4) is 0 Å². The predicted octanol–water partition coefficient (Wildman–Crippen LogP) is 0.381. The number of ether oxygens (including phenoxy) is 3. The molecule has 0 amide bonds. The summed E-state index contributed by atoms with van der Waals surface area (Å²) in [4.78, 5) is 13.1. The van der Waals surface area contributed by atoms with Crippen LogP contribution in [0.4, 0.5) is 5.82 Å². The summed E-state index contributed by atoms with van der Waals surface area (Å²) in [7, 11) is 0. The van der Waals surface area contributed by atoms with E-state index in [-0.39, 0.29) is 18.8 Å². The molecule has 0 aliphatic carbocycles. The third kappa shape index (κ3) is 2.27. The first-order chi connectivity index (χ1) is 11.4. The molecule has 9 heteroatoms. The van der Waals surface area contributed by atoms with Crippen molar-refractivity contribution in [1.29, 1.82) is 0 Å². The van der Waals surface area contributed by atoms with Crippen molar-refractivity contribution < 1.29 is 19.3 Å². The first-order valence-corrected chi connectivity index (χ1v) is 8.04. The molecule has 2 aliphatic heterocycles. The highest BCUT2D eigenvalue weighted by Crippen LogP contribution is 2.43. The lowest BCUT2D eigenvalue weighted by Gasteiger charge is -2.24. The Morgan fingerprint density at radius 3 is 2.75 bits per heavy atom. The Morgan fingerprint density at radius 1 is 1.29 bits per heavy atom. The zero-order chi connectivity index (χ0) is 17.1. The number of nitrogens with two attached hydrogens (primary N) is 1. The van der Waals surface area contributed by atoms with E-state index in [1.165, 1.54) is 0 Å². The molecule has 0 bridgehead atoms. The molecule has 2 saturated heterocycles. The summed E-state index contributed by atoms with van der Waals surface area (Å²) in [6, 6.07) is 0. The second-order valence-corrected chi connectivity index (χ2v) is 6.52. The van der Waals surface area contributed by atoms with E-state index in [9.17, 15) is 5.11 Å². The first kappa shape index (κ1) is 15.7. The number of anilines is 1. The summed E-state index contributed by atoms with van der Waals surface area (Å²) >= 11 is 0. The minimum atomic E-state index is -0.732. The first-order valence-electron chi connectivity index (χ1n) is 8.04. The molecule has 0 radical (unpaired) electrons. The third-order valence-corrected chi connectivity index (χ3v) is 4.39. The van der Waals surface area contributed by atoms with Crippen molar-refractivity contribution in [2.24, 2.45) is 0 Å². The lowest BCUT2D eigenvalue weighted by Crippen LogP contribution is -2.31. The minimum absolute atomic E-state index is 0.152. The van der Waals surface area contributed by atoms with E-state index in [0.29, 0.717) is 29.2 Å². The monoisotopic (exact) mass is 335 g/mol. The fraction of sp³-hybridized carbons (Fsp3) is 0.667. The zero-order valence-corrected chi connectivity index (χ0v) is 13.8. The van der Waals surface area contributed by atoms with Crippen LogP contribution in [0.1, 0.15) is 32.8 Å². The van der Waals surface area contributed by atoms with E-state index < -0.39 is 18.1 Å². The van der Waals surface area contributed by atoms with Gasteiger partial charge >= 0.3 is 0 Å². The van der Waals surface area contributed by atoms with E-state index in [4.69, 9.17) is 19.9 Å². The standard InChI is InChI=1S/C15H21N5O4/c1-4-8-18-12(16)9-13(19-8)20(6-17-9)14-11-10(7(5-21)22-14)23-15(2,3)24-11/h6-7,10-11,14,21H,4-5H2,1-3H3,(H2,16,18,19)/t7-,10-,11-,14-/m1/s1. The van der Waals surface area contributed by atoms with Gasteiger partial charge in [0.2, 0.25) is 0 Å². The average molecular weight is 335 g/mol. The molecule has 130 valence electrons. The number of fused-ring (bicyclic) bond motifs is 2. The molecule has 0 saturated carbocycles. The SMILES string of the molecule is CCc1nc(N)c2ncn([C@@H]3O[C@H](CO)[C@H]4OC(C)(C)O[C@H]43)c2n1. The fourth-order valence-corrected chi connectivity index (χ4v) is 3.36. The molecule has 3 N–H and O–H groups in total. The molecule has 4 atom stereocenters. The summed E-state index contributed by atoms with van der Waals surface area (Å²) < 4.78 is 19.6. The highest BCUT2D eigenvalue weighted by Gasteiger charge is 2.55. The quantitative estimate of drug-likeness (QED) is 0.826. The highest BCUT2D eigenvalue weighted by atomic mass is 16.8. The molecule has 0 aromatic carbocycles. The molecule has 4 heterocycles. The van der Waals surface area contributed by atoms with E-state index in [0.717, 1.165) is 0 Å². The van der Waals surface area contributed by atoms with E-state index >= 15 is 0 Å². The van der Waals surface area contributed by atoms with E-state index in [1.54, 1.807) is 10.9 Å². The van der Waals surface area contributed by atoms with Crippen LogP contribution in [-0.4, -0.2) is 55.3 Å². The Hall–Kier alpha value is -1.81. The third-order valence-electron chi connectivity index (χ3n) is 4.39. The number of rotatable bonds is 3. The van der Waals surface area contributed by atoms with Gasteiger partial charge in [0, 0.05) is 6.42 Å². The Bertz CT molecular complexity index is 777. The van der Waals surface area contributed by atoms with Gasteiger partial charge in [-0.1, -0.05) is 6.92 Å². The summed E-state index contributed by atoms with van der Waals surface area (Å²) in [6.07, 6.45) is 0.593. The molecule has 2 fully saturated rings. The van der Waals surface area contributed by atoms with Crippen LogP contribution in [0.25, 0.3) is 11.2 Å². The van der Waals surface area contributed by atoms with E-state index in [1.807, 2.05) is 20.8 Å². The molecule has 0 unspecified atom stereocenters. The van der Waals surface area contributed by atoms with Crippen LogP contribution in [0.3, 0.4) is 0 Å². The van der Waals surface area contributed by atoms with Crippen LogP contribution in [0.5, 0.6) is 0 Å². The Morgan fingerprint density at radius 2 is 2.04 bits per heavy atom. The maximum atomic E-state index is 9.61. The number of hydrogen-bond acceptors (Lipinski definition) is 8. The molecule has 9 nitrogen and oxygen atoms in total. The number of imidazole rings is 1. The Balaban J connectivity index is 1.78. The van der Waals surface area contributed by atoms with Gasteiger partial charge in [-0.05, 0) is 13.8 Å². The summed E-state index contributed by atoms with van der Waals surface area (Å²) in [5.74, 6) is 0.246. The average Bonchev–Trinajstić information content (AvgIpc) is 3.17. The normalized spacial score (nSPS) is 31.7. The number of aryl methyl sites for hydroxylation is 1. The number of aromatic nitrogens is 4. The maximum absolute atomic E-state index is 9.61. The minimum Gasteiger partial charge on any atom is -0.394 e. The molecule has 24 heavy (non-hydrogen) atoms. The summed E-state index contributed by atoms with van der Waals surface area (Å²) in [5.41, 5.74) is 7.10. The summed E-state index contributed by atoms with van der Waals surface area (Å²) in [5, 5.41) is 9.61. The Labute approximate surface area is 138 Å². The van der Waals surface area contributed by atoms with Gasteiger partial charge in [-0.2, -0.15) is 0 Å². The van der Waals surface area contributed by atoms with Gasteiger partial charge in [0.15, 0.2) is 23.5 Å². The lowest BCUT2D eigenvalue weighted by molar-refractivity contribution is -0.199. The van der Waals surface area contributed by atoms with Crippen LogP contribution < -0.4 is 5.73 Å². The lowest BCUT2D eigenvalue weighted by atomic mass is 10.1. The second-order valence-electron chi connectivity index (χ2n) is 6.52. The Kier molecular flexibility index (Phi) is 3.50. The van der Waals surface area contributed by atoms with Gasteiger partial charge in [0.25, 0.3) is 0 Å². The largest absolute Gasteiger partial charge is 0.394 e. The maximum Gasteiger partial charge on any atom is 0.167 e. The number of nitrogen functional groups attached to an aromatic ring is 1. The number of aliphatic hydroxyl groups excluding tert-OH is 1. The zero-order valence-electron chi connectivity index (χ0n) is 13.8. The van der Waals surface area contributed by atoms with Gasteiger partial charge in [-0.3, -0.25) is 4.57 Å². The predicted molar refractivity (Wildman–Crippen MR) is 83.9 cm³/mol. The van der Waals surface area contributed by atoms with Crippen LogP contribution in [0.2, 0.25) is 0 Å². The van der Waals surface area contributed by atoms with Gasteiger partial charge in [-0.25, -0.2) is 15.0 Å². The smallest absolute Gasteiger partial charge is 0.167 e. The molecule has 2 aliphatic rings. The van der Waals surface area contributed by atoms with Crippen LogP contribution in [0, 0.1) is 0 Å². The second kappa shape index (κ2) is 5.35. The van der Waals surface area contributed by atoms with Crippen LogP contribution >= 0.6 is 0 Å². The highest BCUT2D eigenvalue weighted by molar-refractivity contribution is 5.81. The molecular formula is C15H21N5O4. The van der Waals surface area contributed by atoms with Crippen LogP contribution in [0.15, 0.2) is 6.33 Å². The topological polar surface area (TPSA) is 118 Å². The number of nitrogens with zero attached hydrogens (tertiary/aromatic N) is 4. The van der Waals surface area contributed by atoms with Crippen molar-refractivity contribution in [3.63, 3.8) is 0 Å². The number of hydrogen-bond donors (Lipinski definition) is 2. The molecule has 2 aromatic heterocycles. The van der Waals surface area contributed by atoms with Crippen molar-refractivity contribution in [3.05, 3.63) is 12.2 Å². The van der Waals surface area contributed by atoms with Gasteiger partial charge in [0.05, 0.1) is 12.9 Å². The fourth-order valence-electron chi connectivity index (χ4n) is 3.36. The summed E-state index contributed by atoms with van der Waals surface area (Å²) in [6.45, 7) is 5.50.